The molecule has 1 aliphatic rings. The summed E-state index contributed by atoms with van der Waals surface area (Å²) in [4.78, 5) is 0. The van der Waals surface area contributed by atoms with Crippen LogP contribution in [-0.2, 0) is 6.54 Å². The molecule has 88 valence electrons. The third-order valence-electron chi connectivity index (χ3n) is 2.53. The molecule has 0 bridgehead atoms. The molecule has 4 heteroatoms. The number of ether oxygens (including phenoxy) is 1. The average Bonchev–Trinajstić information content (AvgIpc) is 3.09. The predicted molar refractivity (Wildman–Crippen MR) is 63.9 cm³/mol. The molecule has 0 aliphatic heterocycles. The number of benzene rings is 1. The Labute approximate surface area is 100 Å². The molecule has 0 spiro atoms. The summed E-state index contributed by atoms with van der Waals surface area (Å²) in [7, 11) is 0. The van der Waals surface area contributed by atoms with E-state index in [4.69, 9.17) is 21.4 Å². The van der Waals surface area contributed by atoms with Crippen LogP contribution in [0.3, 0.4) is 0 Å². The summed E-state index contributed by atoms with van der Waals surface area (Å²) in [6, 6.07) is 6.21. The fourth-order valence-corrected chi connectivity index (χ4v) is 1.72. The van der Waals surface area contributed by atoms with Gasteiger partial charge < -0.3 is 15.2 Å². The molecule has 1 aromatic carbocycles. The minimum atomic E-state index is 0.0259. The van der Waals surface area contributed by atoms with Crippen molar-refractivity contribution in [3.05, 3.63) is 28.8 Å². The van der Waals surface area contributed by atoms with Crippen molar-refractivity contribution in [1.82, 2.24) is 5.32 Å². The molecule has 1 aromatic rings. The third kappa shape index (κ3) is 3.37. The van der Waals surface area contributed by atoms with Crippen LogP contribution in [0, 0.1) is 0 Å². The second-order valence-electron chi connectivity index (χ2n) is 3.98. The summed E-state index contributed by atoms with van der Waals surface area (Å²) in [5.41, 5.74) is 1.05. The monoisotopic (exact) mass is 241 g/mol. The predicted octanol–water partition coefficient (Wildman–Crippen LogP) is 1.96. The highest BCUT2D eigenvalue weighted by Crippen LogP contribution is 2.25. The maximum atomic E-state index is 8.73. The zero-order valence-corrected chi connectivity index (χ0v) is 9.83. The first kappa shape index (κ1) is 11.7. The summed E-state index contributed by atoms with van der Waals surface area (Å²) in [6.45, 7) is 1.11. The molecule has 1 aliphatic carbocycles. The number of hydrogen-bond donors (Lipinski definition) is 2. The van der Waals surface area contributed by atoms with Crippen molar-refractivity contribution >= 4 is 11.6 Å². The van der Waals surface area contributed by atoms with Crippen molar-refractivity contribution < 1.29 is 9.84 Å². The largest absolute Gasteiger partial charge is 0.491 e. The van der Waals surface area contributed by atoms with E-state index < -0.39 is 0 Å². The number of halogens is 1. The Morgan fingerprint density at radius 1 is 1.44 bits per heavy atom. The van der Waals surface area contributed by atoms with Crippen LogP contribution in [0.1, 0.15) is 18.4 Å². The van der Waals surface area contributed by atoms with Crippen molar-refractivity contribution in [1.29, 1.82) is 0 Å². The first-order valence-corrected chi connectivity index (χ1v) is 5.93. The molecule has 0 radical (unpaired) electrons. The molecule has 0 unspecified atom stereocenters. The van der Waals surface area contributed by atoms with Gasteiger partial charge in [0.1, 0.15) is 12.4 Å². The van der Waals surface area contributed by atoms with Crippen molar-refractivity contribution in [2.45, 2.75) is 25.4 Å². The minimum Gasteiger partial charge on any atom is -0.491 e. The van der Waals surface area contributed by atoms with Crippen molar-refractivity contribution in [2.24, 2.45) is 0 Å². The van der Waals surface area contributed by atoms with Crippen LogP contribution in [0.25, 0.3) is 0 Å². The molecule has 0 aromatic heterocycles. The zero-order valence-electron chi connectivity index (χ0n) is 9.08. The molecule has 0 heterocycles. The highest BCUT2D eigenvalue weighted by molar-refractivity contribution is 6.30. The fourth-order valence-electron chi connectivity index (χ4n) is 1.52. The lowest BCUT2D eigenvalue weighted by Gasteiger charge is -2.11. The zero-order chi connectivity index (χ0) is 11.4. The lowest BCUT2D eigenvalue weighted by molar-refractivity contribution is 0.200. The Morgan fingerprint density at radius 3 is 2.94 bits per heavy atom. The molecule has 1 saturated carbocycles. The number of rotatable bonds is 6. The molecule has 1 fully saturated rings. The van der Waals surface area contributed by atoms with Gasteiger partial charge in [0.05, 0.1) is 6.61 Å². The Hall–Kier alpha value is -0.770. The number of nitrogens with one attached hydrogen (secondary N) is 1. The second kappa shape index (κ2) is 5.53. The van der Waals surface area contributed by atoms with E-state index in [1.54, 1.807) is 6.07 Å². The van der Waals surface area contributed by atoms with E-state index in [0.29, 0.717) is 17.7 Å². The third-order valence-corrected chi connectivity index (χ3v) is 2.77. The number of hydrogen-bond acceptors (Lipinski definition) is 3. The highest BCUT2D eigenvalue weighted by atomic mass is 35.5. The molecular weight excluding hydrogens is 226 g/mol. The van der Waals surface area contributed by atoms with Gasteiger partial charge in [-0.1, -0.05) is 11.6 Å². The normalized spacial score (nSPS) is 15.1. The lowest BCUT2D eigenvalue weighted by atomic mass is 10.2. The van der Waals surface area contributed by atoms with Crippen molar-refractivity contribution in [3.63, 3.8) is 0 Å². The summed E-state index contributed by atoms with van der Waals surface area (Å²) >= 11 is 5.95. The van der Waals surface area contributed by atoms with E-state index in [1.807, 2.05) is 12.1 Å². The van der Waals surface area contributed by atoms with E-state index in [2.05, 4.69) is 5.32 Å². The molecule has 0 amide bonds. The maximum absolute atomic E-state index is 8.73. The van der Waals surface area contributed by atoms with E-state index in [0.717, 1.165) is 17.9 Å². The van der Waals surface area contributed by atoms with E-state index in [9.17, 15) is 0 Å². The highest BCUT2D eigenvalue weighted by Gasteiger charge is 2.20. The average molecular weight is 242 g/mol. The van der Waals surface area contributed by atoms with Crippen molar-refractivity contribution in [2.75, 3.05) is 13.2 Å². The van der Waals surface area contributed by atoms with Gasteiger partial charge in [-0.2, -0.15) is 0 Å². The van der Waals surface area contributed by atoms with Gasteiger partial charge in [0.2, 0.25) is 0 Å². The van der Waals surface area contributed by atoms with E-state index in [-0.39, 0.29) is 6.61 Å². The van der Waals surface area contributed by atoms with Gasteiger partial charge in [-0.15, -0.1) is 0 Å². The SMILES string of the molecule is OCCOc1ccc(Cl)cc1CNC1CC1. The van der Waals surface area contributed by atoms with Crippen LogP contribution in [0.5, 0.6) is 5.75 Å². The Balaban J connectivity index is 2.01. The first-order valence-electron chi connectivity index (χ1n) is 5.55. The molecule has 0 atom stereocenters. The summed E-state index contributed by atoms with van der Waals surface area (Å²) < 4.78 is 5.45. The lowest BCUT2D eigenvalue weighted by Crippen LogP contribution is -2.16. The smallest absolute Gasteiger partial charge is 0.124 e. The van der Waals surface area contributed by atoms with Gasteiger partial charge in [-0.25, -0.2) is 0 Å². The summed E-state index contributed by atoms with van der Waals surface area (Å²) in [5.74, 6) is 0.798. The molecular formula is C12H16ClNO2. The van der Waals surface area contributed by atoms with Gasteiger partial charge in [0.15, 0.2) is 0 Å². The quantitative estimate of drug-likeness (QED) is 0.800. The first-order chi connectivity index (χ1) is 7.79. The van der Waals surface area contributed by atoms with E-state index in [1.165, 1.54) is 12.8 Å². The van der Waals surface area contributed by atoms with Crippen molar-refractivity contribution in [3.8, 4) is 5.75 Å². The van der Waals surface area contributed by atoms with Crippen LogP contribution < -0.4 is 10.1 Å². The molecule has 3 nitrogen and oxygen atoms in total. The Morgan fingerprint density at radius 2 is 2.25 bits per heavy atom. The molecule has 0 saturated heterocycles. The summed E-state index contributed by atoms with van der Waals surface area (Å²) in [5, 5.41) is 12.9. The summed E-state index contributed by atoms with van der Waals surface area (Å²) in [6.07, 6.45) is 2.51. The molecule has 16 heavy (non-hydrogen) atoms. The van der Waals surface area contributed by atoms with Gasteiger partial charge in [-0.3, -0.25) is 0 Å². The Kier molecular flexibility index (Phi) is 4.04. The van der Waals surface area contributed by atoms with Gasteiger partial charge in [-0.05, 0) is 31.0 Å². The van der Waals surface area contributed by atoms with Crippen LogP contribution in [-0.4, -0.2) is 24.4 Å². The van der Waals surface area contributed by atoms with Crippen LogP contribution in [0.15, 0.2) is 18.2 Å². The number of aliphatic hydroxyl groups excluding tert-OH is 1. The standard InChI is InChI=1S/C12H16ClNO2/c13-10-1-4-12(16-6-5-15)9(7-10)8-14-11-2-3-11/h1,4,7,11,14-15H,2-3,5-6,8H2. The van der Waals surface area contributed by atoms with E-state index >= 15 is 0 Å². The topological polar surface area (TPSA) is 41.5 Å². The van der Waals surface area contributed by atoms with Crippen LogP contribution in [0.2, 0.25) is 5.02 Å². The molecule has 2 N–H and O–H groups in total. The van der Waals surface area contributed by atoms with Gasteiger partial charge >= 0.3 is 0 Å². The Bertz CT molecular complexity index is 353. The fraction of sp³-hybridized carbons (Fsp3) is 0.500. The second-order valence-corrected chi connectivity index (χ2v) is 4.42. The van der Waals surface area contributed by atoms with Gasteiger partial charge in [0, 0.05) is 23.2 Å². The number of aliphatic hydroxyl groups is 1. The maximum Gasteiger partial charge on any atom is 0.124 e. The van der Waals surface area contributed by atoms with Crippen LogP contribution in [0.4, 0.5) is 0 Å². The van der Waals surface area contributed by atoms with Crippen LogP contribution >= 0.6 is 11.6 Å². The minimum absolute atomic E-state index is 0.0259. The van der Waals surface area contributed by atoms with Gasteiger partial charge in [0.25, 0.3) is 0 Å². The molecule has 2 rings (SSSR count).